The normalized spacial score (nSPS) is 10.6. The maximum atomic E-state index is 11.4. The lowest BCUT2D eigenvalue weighted by Crippen LogP contribution is -2.44. The molecule has 0 atom stereocenters. The number of aryl methyl sites for hydroxylation is 1. The Kier molecular flexibility index (Phi) is 5.24. The Bertz CT molecular complexity index is 858. The molecule has 3 nitrogen and oxygen atoms in total. The first-order chi connectivity index (χ1) is 12.2. The minimum atomic E-state index is -0.827. The monoisotopic (exact) mass is 332 g/mol. The van der Waals surface area contributed by atoms with Crippen LogP contribution in [0.4, 0.5) is 0 Å². The van der Waals surface area contributed by atoms with Gasteiger partial charge >= 0.3 is 5.97 Å². The predicted octanol–water partition coefficient (Wildman–Crippen LogP) is 4.35. The Morgan fingerprint density at radius 2 is 1.48 bits per heavy atom. The molecule has 25 heavy (non-hydrogen) atoms. The van der Waals surface area contributed by atoms with Crippen molar-refractivity contribution in [1.29, 1.82) is 0 Å². The Morgan fingerprint density at radius 3 is 2.04 bits per heavy atom. The van der Waals surface area contributed by atoms with Crippen LogP contribution in [-0.4, -0.2) is 11.1 Å². The van der Waals surface area contributed by atoms with Crippen molar-refractivity contribution in [3.63, 3.8) is 0 Å². The fraction of sp³-hybridized carbons (Fsp3) is 0.182. The molecule has 0 aliphatic carbocycles. The molecule has 0 saturated heterocycles. The van der Waals surface area contributed by atoms with E-state index in [1.807, 2.05) is 53.1 Å². The van der Waals surface area contributed by atoms with Gasteiger partial charge in [-0.3, -0.25) is 0 Å². The zero-order valence-corrected chi connectivity index (χ0v) is 14.4. The molecule has 1 heterocycles. The quantitative estimate of drug-likeness (QED) is 0.682. The minimum absolute atomic E-state index is 0.0331. The lowest BCUT2D eigenvalue weighted by molar-refractivity contribution is -0.682. The maximum absolute atomic E-state index is 11.4. The van der Waals surface area contributed by atoms with Crippen molar-refractivity contribution in [3.05, 3.63) is 78.5 Å². The highest BCUT2D eigenvalue weighted by molar-refractivity contribution is 5.70. The van der Waals surface area contributed by atoms with Crippen molar-refractivity contribution in [3.8, 4) is 22.4 Å². The smallest absolute Gasteiger partial charge is 0.370 e. The average Bonchev–Trinajstić information content (AvgIpc) is 2.64. The van der Waals surface area contributed by atoms with E-state index in [4.69, 9.17) is 0 Å². The van der Waals surface area contributed by atoms with Crippen LogP contribution in [0.15, 0.2) is 72.8 Å². The highest BCUT2D eigenvalue weighted by Gasteiger charge is 2.22. The van der Waals surface area contributed by atoms with Crippen LogP contribution in [0, 0.1) is 0 Å². The van der Waals surface area contributed by atoms with E-state index in [2.05, 4.69) is 31.2 Å². The van der Waals surface area contributed by atoms with E-state index in [0.29, 0.717) is 0 Å². The van der Waals surface area contributed by atoms with E-state index >= 15 is 0 Å². The second-order valence-corrected chi connectivity index (χ2v) is 6.08. The van der Waals surface area contributed by atoms with Gasteiger partial charge in [0, 0.05) is 24.1 Å². The number of carbonyl (C=O) groups is 1. The minimum Gasteiger partial charge on any atom is -0.477 e. The van der Waals surface area contributed by atoms with Crippen molar-refractivity contribution >= 4 is 5.97 Å². The van der Waals surface area contributed by atoms with Gasteiger partial charge in [-0.2, -0.15) is 4.57 Å². The van der Waals surface area contributed by atoms with Gasteiger partial charge in [0.05, 0.1) is 0 Å². The summed E-state index contributed by atoms with van der Waals surface area (Å²) in [5, 5.41) is 9.40. The van der Waals surface area contributed by atoms with Crippen LogP contribution < -0.4 is 4.57 Å². The first-order valence-electron chi connectivity index (χ1n) is 8.58. The molecule has 1 N–H and O–H groups in total. The second-order valence-electron chi connectivity index (χ2n) is 6.08. The number of carboxylic acid groups (broad SMARTS) is 1. The lowest BCUT2D eigenvalue weighted by Gasteiger charge is -2.11. The number of aromatic nitrogens is 1. The van der Waals surface area contributed by atoms with E-state index in [9.17, 15) is 9.90 Å². The van der Waals surface area contributed by atoms with E-state index < -0.39 is 5.97 Å². The van der Waals surface area contributed by atoms with Crippen LogP contribution in [0.25, 0.3) is 22.4 Å². The third-order valence-corrected chi connectivity index (χ3v) is 4.23. The summed E-state index contributed by atoms with van der Waals surface area (Å²) < 4.78 is 1.92. The summed E-state index contributed by atoms with van der Waals surface area (Å²) in [4.78, 5) is 11.4. The molecule has 3 aromatic rings. The molecule has 0 aliphatic rings. The third kappa shape index (κ3) is 3.94. The number of hydrogen-bond donors (Lipinski definition) is 1. The Hall–Kier alpha value is -2.94. The van der Waals surface area contributed by atoms with Crippen LogP contribution >= 0.6 is 0 Å². The van der Waals surface area contributed by atoms with Gasteiger partial charge in [0.2, 0.25) is 12.2 Å². The molecule has 0 fully saturated rings. The topological polar surface area (TPSA) is 41.2 Å². The zero-order chi connectivity index (χ0) is 17.6. The number of hydrogen-bond acceptors (Lipinski definition) is 1. The fourth-order valence-corrected chi connectivity index (χ4v) is 3.11. The summed E-state index contributed by atoms with van der Waals surface area (Å²) in [6, 6.07) is 24.4. The highest BCUT2D eigenvalue weighted by Crippen LogP contribution is 2.25. The SMILES string of the molecule is CCCc1cc(-c2ccccc2)cc(-c2ccccc2)[n+]1CC(=O)O. The van der Waals surface area contributed by atoms with Gasteiger partial charge in [0.15, 0.2) is 5.69 Å². The molecule has 0 bridgehead atoms. The predicted molar refractivity (Wildman–Crippen MR) is 99.1 cm³/mol. The molecule has 0 spiro atoms. The van der Waals surface area contributed by atoms with Crippen LogP contribution in [0.5, 0.6) is 0 Å². The molecular formula is C22H22NO2+. The van der Waals surface area contributed by atoms with E-state index in [1.165, 1.54) is 0 Å². The van der Waals surface area contributed by atoms with Crippen LogP contribution in [0.3, 0.4) is 0 Å². The van der Waals surface area contributed by atoms with E-state index in [0.717, 1.165) is 40.9 Å². The molecule has 0 amide bonds. The summed E-state index contributed by atoms with van der Waals surface area (Å²) in [5.74, 6) is -0.827. The number of pyridine rings is 1. The molecule has 2 aromatic carbocycles. The van der Waals surface area contributed by atoms with Crippen LogP contribution in [-0.2, 0) is 17.8 Å². The van der Waals surface area contributed by atoms with Gasteiger partial charge < -0.3 is 5.11 Å². The first-order valence-corrected chi connectivity index (χ1v) is 8.58. The van der Waals surface area contributed by atoms with Gasteiger partial charge in [-0.1, -0.05) is 55.5 Å². The summed E-state index contributed by atoms with van der Waals surface area (Å²) in [7, 11) is 0. The molecule has 1 aromatic heterocycles. The molecule has 0 radical (unpaired) electrons. The van der Waals surface area contributed by atoms with Gasteiger partial charge in [0.1, 0.15) is 0 Å². The van der Waals surface area contributed by atoms with Crippen molar-refractivity contribution in [2.24, 2.45) is 0 Å². The molecule has 3 heteroatoms. The van der Waals surface area contributed by atoms with Crippen molar-refractivity contribution in [2.75, 3.05) is 0 Å². The maximum Gasteiger partial charge on any atom is 0.370 e. The van der Waals surface area contributed by atoms with Gasteiger partial charge in [-0.15, -0.1) is 0 Å². The van der Waals surface area contributed by atoms with Crippen molar-refractivity contribution < 1.29 is 14.5 Å². The summed E-state index contributed by atoms with van der Waals surface area (Å²) in [6.07, 6.45) is 1.81. The lowest BCUT2D eigenvalue weighted by atomic mass is 10.00. The van der Waals surface area contributed by atoms with Crippen molar-refractivity contribution in [1.82, 2.24) is 0 Å². The first kappa shape index (κ1) is 16.9. The summed E-state index contributed by atoms with van der Waals surface area (Å²) in [6.45, 7) is 2.08. The van der Waals surface area contributed by atoms with Crippen molar-refractivity contribution in [2.45, 2.75) is 26.3 Å². The summed E-state index contributed by atoms with van der Waals surface area (Å²) >= 11 is 0. The number of rotatable bonds is 6. The Labute approximate surface area is 148 Å². The van der Waals surface area contributed by atoms with E-state index in [-0.39, 0.29) is 6.54 Å². The number of carboxylic acids is 1. The molecular weight excluding hydrogens is 310 g/mol. The standard InChI is InChI=1S/C22H21NO2/c1-2-9-20-14-19(17-10-5-3-6-11-17)15-21(23(20)16-22(24)25)18-12-7-4-8-13-18/h3-8,10-15H,2,9,16H2,1H3/p+1. The second kappa shape index (κ2) is 7.75. The Morgan fingerprint density at radius 1 is 0.880 bits per heavy atom. The average molecular weight is 332 g/mol. The van der Waals surface area contributed by atoms with Crippen LogP contribution in [0.1, 0.15) is 19.0 Å². The largest absolute Gasteiger partial charge is 0.477 e. The van der Waals surface area contributed by atoms with Crippen LogP contribution in [0.2, 0.25) is 0 Å². The van der Waals surface area contributed by atoms with E-state index in [1.54, 1.807) is 0 Å². The van der Waals surface area contributed by atoms with Gasteiger partial charge in [-0.25, -0.2) is 4.79 Å². The number of nitrogens with zero attached hydrogens (tertiary/aromatic N) is 1. The third-order valence-electron chi connectivity index (χ3n) is 4.23. The molecule has 0 aliphatic heterocycles. The number of aliphatic carboxylic acids is 1. The number of benzene rings is 2. The molecule has 0 saturated carbocycles. The Balaban J connectivity index is 2.24. The summed E-state index contributed by atoms with van der Waals surface area (Å²) in [5.41, 5.74) is 5.26. The zero-order valence-electron chi connectivity index (χ0n) is 14.4. The molecule has 126 valence electrons. The fourth-order valence-electron chi connectivity index (χ4n) is 3.11. The van der Waals surface area contributed by atoms with Gasteiger partial charge in [-0.05, 0) is 29.7 Å². The van der Waals surface area contributed by atoms with Gasteiger partial charge in [0.25, 0.3) is 0 Å². The molecule has 3 rings (SSSR count). The highest BCUT2D eigenvalue weighted by atomic mass is 16.4. The molecule has 0 unspecified atom stereocenters.